The van der Waals surface area contributed by atoms with Gasteiger partial charge in [0.2, 0.25) is 0 Å². The largest absolute Gasteiger partial charge is 0.494 e. The highest BCUT2D eigenvalue weighted by molar-refractivity contribution is 5.82. The molecule has 1 N–H and O–H groups in total. The lowest BCUT2D eigenvalue weighted by Gasteiger charge is -2.28. The normalized spacial score (nSPS) is 12.8. The molecule has 0 amide bonds. The van der Waals surface area contributed by atoms with E-state index in [1.165, 1.54) is 0 Å². The second kappa shape index (κ2) is 10.3. The van der Waals surface area contributed by atoms with Gasteiger partial charge in [-0.3, -0.25) is 4.79 Å². The SMILES string of the molecule is CN(CCOc1ccccc1C(C)(CCOc1ccccc1)C(=O)O)c1nc2ccccc2o1. The van der Waals surface area contributed by atoms with Gasteiger partial charge in [-0.2, -0.15) is 4.98 Å². The molecule has 0 bridgehead atoms. The third-order valence-electron chi connectivity index (χ3n) is 5.86. The fourth-order valence-corrected chi connectivity index (χ4v) is 3.71. The number of carbonyl (C=O) groups is 1. The summed E-state index contributed by atoms with van der Waals surface area (Å²) >= 11 is 0. The molecular weight excluding hydrogens is 432 g/mol. The van der Waals surface area contributed by atoms with E-state index in [1.807, 2.05) is 78.7 Å². The van der Waals surface area contributed by atoms with Gasteiger partial charge < -0.3 is 23.9 Å². The van der Waals surface area contributed by atoms with Crippen LogP contribution in [0.5, 0.6) is 11.5 Å². The summed E-state index contributed by atoms with van der Waals surface area (Å²) in [5, 5.41) is 10.1. The van der Waals surface area contributed by atoms with Crippen LogP contribution in [0.3, 0.4) is 0 Å². The van der Waals surface area contributed by atoms with Gasteiger partial charge in [0.05, 0.1) is 18.6 Å². The van der Waals surface area contributed by atoms with Crippen molar-refractivity contribution >= 4 is 23.1 Å². The molecule has 1 unspecified atom stereocenters. The Morgan fingerprint density at radius 3 is 2.44 bits per heavy atom. The van der Waals surface area contributed by atoms with E-state index in [-0.39, 0.29) is 6.61 Å². The Balaban J connectivity index is 1.42. The van der Waals surface area contributed by atoms with Gasteiger partial charge in [-0.15, -0.1) is 0 Å². The number of rotatable bonds is 11. The Bertz CT molecular complexity index is 1210. The number of hydrogen-bond acceptors (Lipinski definition) is 6. The van der Waals surface area contributed by atoms with Crippen molar-refractivity contribution in [1.82, 2.24) is 4.98 Å². The summed E-state index contributed by atoms with van der Waals surface area (Å²) in [4.78, 5) is 18.7. The Labute approximate surface area is 198 Å². The van der Waals surface area contributed by atoms with Crippen LogP contribution >= 0.6 is 0 Å². The maximum absolute atomic E-state index is 12.3. The minimum absolute atomic E-state index is 0.265. The molecule has 4 aromatic rings. The quantitative estimate of drug-likeness (QED) is 0.331. The number of nitrogens with zero attached hydrogens (tertiary/aromatic N) is 2. The van der Waals surface area contributed by atoms with Gasteiger partial charge in [0.1, 0.15) is 23.6 Å². The van der Waals surface area contributed by atoms with Crippen molar-refractivity contribution in [3.05, 3.63) is 84.4 Å². The third-order valence-corrected chi connectivity index (χ3v) is 5.86. The molecule has 0 radical (unpaired) electrons. The van der Waals surface area contributed by atoms with Crippen molar-refractivity contribution in [1.29, 1.82) is 0 Å². The Kier molecular flexibility index (Phi) is 7.01. The van der Waals surface area contributed by atoms with Gasteiger partial charge in [-0.25, -0.2) is 0 Å². The van der Waals surface area contributed by atoms with Crippen LogP contribution in [0.15, 0.2) is 83.3 Å². The first-order valence-corrected chi connectivity index (χ1v) is 11.2. The molecule has 0 spiro atoms. The van der Waals surface area contributed by atoms with E-state index in [9.17, 15) is 9.90 Å². The molecule has 0 fully saturated rings. The number of fused-ring (bicyclic) bond motifs is 1. The topological polar surface area (TPSA) is 85.0 Å². The fourth-order valence-electron chi connectivity index (χ4n) is 3.71. The average Bonchev–Trinajstić information content (AvgIpc) is 3.29. The van der Waals surface area contributed by atoms with Gasteiger partial charge in [0.25, 0.3) is 6.01 Å². The average molecular weight is 461 g/mol. The summed E-state index contributed by atoms with van der Waals surface area (Å²) in [5.74, 6) is 0.323. The summed E-state index contributed by atoms with van der Waals surface area (Å²) in [6.45, 7) is 2.82. The van der Waals surface area contributed by atoms with Crippen LogP contribution in [-0.4, -0.2) is 42.9 Å². The standard InChI is InChI=1S/C27H28N2O5/c1-27(25(30)31,16-18-32-20-10-4-3-5-11-20)21-12-6-8-14-23(21)33-19-17-29(2)26-28-22-13-7-9-15-24(22)34-26/h3-15H,16-19H2,1-2H3,(H,30,31). The van der Waals surface area contributed by atoms with Crippen molar-refractivity contribution in [2.45, 2.75) is 18.8 Å². The van der Waals surface area contributed by atoms with E-state index in [0.717, 1.165) is 11.1 Å². The van der Waals surface area contributed by atoms with E-state index in [0.29, 0.717) is 42.6 Å². The van der Waals surface area contributed by atoms with Crippen molar-refractivity contribution in [2.75, 3.05) is 31.7 Å². The van der Waals surface area contributed by atoms with Crippen molar-refractivity contribution < 1.29 is 23.8 Å². The lowest BCUT2D eigenvalue weighted by molar-refractivity contribution is -0.143. The van der Waals surface area contributed by atoms with Crippen molar-refractivity contribution in [3.8, 4) is 11.5 Å². The number of benzene rings is 3. The van der Waals surface area contributed by atoms with Crippen LogP contribution in [0, 0.1) is 0 Å². The molecule has 1 aromatic heterocycles. The van der Waals surface area contributed by atoms with Crippen LogP contribution in [0.1, 0.15) is 18.9 Å². The molecule has 3 aromatic carbocycles. The van der Waals surface area contributed by atoms with Gasteiger partial charge in [0, 0.05) is 19.0 Å². The molecule has 0 aliphatic rings. The van der Waals surface area contributed by atoms with E-state index in [2.05, 4.69) is 4.98 Å². The highest BCUT2D eigenvalue weighted by Gasteiger charge is 2.37. The van der Waals surface area contributed by atoms with Crippen LogP contribution in [0.4, 0.5) is 6.01 Å². The molecule has 7 nitrogen and oxygen atoms in total. The predicted molar refractivity (Wildman–Crippen MR) is 131 cm³/mol. The number of likely N-dealkylation sites (N-methyl/N-ethyl adjacent to an activating group) is 1. The maximum atomic E-state index is 12.3. The summed E-state index contributed by atoms with van der Waals surface area (Å²) in [6.07, 6.45) is 0.292. The molecular formula is C27H28N2O5. The second-order valence-corrected chi connectivity index (χ2v) is 8.28. The lowest BCUT2D eigenvalue weighted by Crippen LogP contribution is -2.35. The number of anilines is 1. The number of aromatic nitrogens is 1. The molecule has 176 valence electrons. The highest BCUT2D eigenvalue weighted by atomic mass is 16.5. The first kappa shape index (κ1) is 23.2. The summed E-state index contributed by atoms with van der Waals surface area (Å²) in [7, 11) is 1.88. The van der Waals surface area contributed by atoms with Gasteiger partial charge >= 0.3 is 5.97 Å². The molecule has 0 aliphatic carbocycles. The Hall–Kier alpha value is -4.00. The monoisotopic (exact) mass is 460 g/mol. The predicted octanol–water partition coefficient (Wildman–Crippen LogP) is 5.15. The number of aliphatic carboxylic acids is 1. The number of carboxylic acids is 1. The van der Waals surface area contributed by atoms with Crippen molar-refractivity contribution in [2.24, 2.45) is 0 Å². The molecule has 0 saturated heterocycles. The molecule has 4 rings (SSSR count). The number of hydrogen-bond donors (Lipinski definition) is 1. The van der Waals surface area contributed by atoms with Gasteiger partial charge in [-0.1, -0.05) is 48.5 Å². The third kappa shape index (κ3) is 5.14. The van der Waals surface area contributed by atoms with Crippen LogP contribution in [-0.2, 0) is 10.2 Å². The Morgan fingerprint density at radius 2 is 1.68 bits per heavy atom. The second-order valence-electron chi connectivity index (χ2n) is 8.28. The highest BCUT2D eigenvalue weighted by Crippen LogP contribution is 2.35. The zero-order valence-electron chi connectivity index (χ0n) is 19.3. The maximum Gasteiger partial charge on any atom is 0.314 e. The van der Waals surface area contributed by atoms with E-state index >= 15 is 0 Å². The van der Waals surface area contributed by atoms with Gasteiger partial charge in [-0.05, 0) is 37.3 Å². The van der Waals surface area contributed by atoms with Crippen LogP contribution in [0.2, 0.25) is 0 Å². The van der Waals surface area contributed by atoms with Crippen LogP contribution in [0.25, 0.3) is 11.1 Å². The Morgan fingerprint density at radius 1 is 0.971 bits per heavy atom. The van der Waals surface area contributed by atoms with Crippen LogP contribution < -0.4 is 14.4 Å². The zero-order chi connectivity index (χ0) is 24.0. The molecule has 34 heavy (non-hydrogen) atoms. The van der Waals surface area contributed by atoms with E-state index in [1.54, 1.807) is 19.1 Å². The summed E-state index contributed by atoms with van der Waals surface area (Å²) < 4.78 is 17.6. The van der Waals surface area contributed by atoms with E-state index in [4.69, 9.17) is 13.9 Å². The zero-order valence-corrected chi connectivity index (χ0v) is 19.3. The number of carboxylic acid groups (broad SMARTS) is 1. The first-order chi connectivity index (χ1) is 16.5. The lowest BCUT2D eigenvalue weighted by atomic mass is 9.79. The van der Waals surface area contributed by atoms with Crippen molar-refractivity contribution in [3.63, 3.8) is 0 Å². The minimum atomic E-state index is -1.17. The molecule has 0 aliphatic heterocycles. The first-order valence-electron chi connectivity index (χ1n) is 11.2. The minimum Gasteiger partial charge on any atom is -0.494 e. The molecule has 1 heterocycles. The number of ether oxygens (including phenoxy) is 2. The summed E-state index contributed by atoms with van der Waals surface area (Å²) in [5.41, 5.74) is 0.970. The van der Waals surface area contributed by atoms with E-state index < -0.39 is 11.4 Å². The number of para-hydroxylation sites is 4. The fraction of sp³-hybridized carbons (Fsp3) is 0.259. The number of oxazole rings is 1. The van der Waals surface area contributed by atoms with Gasteiger partial charge in [0.15, 0.2) is 5.58 Å². The smallest absolute Gasteiger partial charge is 0.314 e. The molecule has 0 saturated carbocycles. The summed E-state index contributed by atoms with van der Waals surface area (Å²) in [6, 6.07) is 24.7. The molecule has 1 atom stereocenters. The molecule has 7 heteroatoms.